The Morgan fingerprint density at radius 1 is 1.21 bits per heavy atom. The average molecular weight is 414 g/mol. The molecule has 1 aliphatic rings. The Labute approximate surface area is 172 Å². The summed E-state index contributed by atoms with van der Waals surface area (Å²) in [4.78, 5) is 27.0. The van der Waals surface area contributed by atoms with E-state index in [0.717, 1.165) is 37.7 Å². The molecule has 7 heteroatoms. The van der Waals surface area contributed by atoms with Crippen molar-refractivity contribution in [1.82, 2.24) is 9.88 Å². The number of anilines is 1. The zero-order chi connectivity index (χ0) is 20.5. The van der Waals surface area contributed by atoms with Gasteiger partial charge in [-0.2, -0.15) is 0 Å². The van der Waals surface area contributed by atoms with Crippen LogP contribution in [0.25, 0.3) is 10.9 Å². The molecule has 4 rings (SSSR count). The molecule has 29 heavy (non-hydrogen) atoms. The van der Waals surface area contributed by atoms with Crippen molar-refractivity contribution in [1.29, 1.82) is 0 Å². The summed E-state index contributed by atoms with van der Waals surface area (Å²) in [7, 11) is 1.74. The van der Waals surface area contributed by atoms with Gasteiger partial charge in [0.2, 0.25) is 0 Å². The topological polar surface area (TPSA) is 63.1 Å². The molecule has 2 heterocycles. The van der Waals surface area contributed by atoms with Crippen LogP contribution in [-0.2, 0) is 19.9 Å². The van der Waals surface area contributed by atoms with Crippen LogP contribution in [0.2, 0.25) is 0 Å². The Hall–Kier alpha value is -2.67. The van der Waals surface area contributed by atoms with Gasteiger partial charge in [0.1, 0.15) is 16.5 Å². The molecule has 0 saturated carbocycles. The first-order chi connectivity index (χ1) is 14.0. The van der Waals surface area contributed by atoms with E-state index in [2.05, 4.69) is 10.6 Å². The summed E-state index contributed by atoms with van der Waals surface area (Å²) >= 11 is 1.49. The first-order valence-electron chi connectivity index (χ1n) is 9.99. The van der Waals surface area contributed by atoms with Crippen LogP contribution in [0, 0.1) is 5.82 Å². The van der Waals surface area contributed by atoms with E-state index in [1.54, 1.807) is 29.8 Å². The predicted molar refractivity (Wildman–Crippen MR) is 114 cm³/mol. The van der Waals surface area contributed by atoms with Gasteiger partial charge in [-0.25, -0.2) is 4.39 Å². The Morgan fingerprint density at radius 3 is 2.76 bits per heavy atom. The molecule has 0 bridgehead atoms. The number of aryl methyl sites for hydroxylation is 2. The van der Waals surface area contributed by atoms with Crippen molar-refractivity contribution in [2.75, 3.05) is 11.9 Å². The molecule has 0 fully saturated rings. The number of rotatable bonds is 5. The highest BCUT2D eigenvalue weighted by Crippen LogP contribution is 2.38. The number of nitrogens with zero attached hydrogens (tertiary/aromatic N) is 1. The summed E-state index contributed by atoms with van der Waals surface area (Å²) in [5, 5.41) is 6.87. The van der Waals surface area contributed by atoms with Crippen molar-refractivity contribution in [3.8, 4) is 0 Å². The number of amides is 2. The number of carbonyl (C=O) groups excluding carboxylic acids is 2. The number of carbonyl (C=O) groups is 2. The van der Waals surface area contributed by atoms with Crippen molar-refractivity contribution in [2.24, 2.45) is 7.05 Å². The predicted octanol–water partition coefficient (Wildman–Crippen LogP) is 4.65. The van der Waals surface area contributed by atoms with Gasteiger partial charge in [-0.1, -0.05) is 13.0 Å². The molecule has 152 valence electrons. The van der Waals surface area contributed by atoms with Crippen LogP contribution < -0.4 is 10.6 Å². The molecule has 2 aromatic heterocycles. The highest BCUT2D eigenvalue weighted by Gasteiger charge is 2.27. The lowest BCUT2D eigenvalue weighted by molar-refractivity contribution is 0.0954. The van der Waals surface area contributed by atoms with Gasteiger partial charge in [0.15, 0.2) is 0 Å². The second kappa shape index (κ2) is 7.99. The fourth-order valence-corrected chi connectivity index (χ4v) is 5.21. The molecular weight excluding hydrogens is 389 g/mol. The highest BCUT2D eigenvalue weighted by atomic mass is 32.1. The van der Waals surface area contributed by atoms with Crippen LogP contribution in [0.15, 0.2) is 24.3 Å². The van der Waals surface area contributed by atoms with E-state index in [1.165, 1.54) is 22.3 Å². The Bertz CT molecular complexity index is 1100. The Balaban J connectivity index is 1.70. The van der Waals surface area contributed by atoms with Gasteiger partial charge >= 0.3 is 0 Å². The van der Waals surface area contributed by atoms with Crippen molar-refractivity contribution in [3.63, 3.8) is 0 Å². The van der Waals surface area contributed by atoms with Crippen molar-refractivity contribution in [2.45, 2.75) is 39.0 Å². The normalized spacial score (nSPS) is 13.3. The van der Waals surface area contributed by atoms with Crippen LogP contribution >= 0.6 is 11.3 Å². The first kappa shape index (κ1) is 19.6. The summed E-state index contributed by atoms with van der Waals surface area (Å²) in [5.41, 5.74) is 2.67. The molecule has 0 aliphatic heterocycles. The van der Waals surface area contributed by atoms with Gasteiger partial charge in [0.05, 0.1) is 11.1 Å². The largest absolute Gasteiger partial charge is 0.352 e. The summed E-state index contributed by atoms with van der Waals surface area (Å²) in [6, 6.07) is 6.35. The van der Waals surface area contributed by atoms with E-state index in [0.29, 0.717) is 33.7 Å². The highest BCUT2D eigenvalue weighted by molar-refractivity contribution is 7.17. The number of fused-ring (bicyclic) bond motifs is 2. The van der Waals surface area contributed by atoms with E-state index in [9.17, 15) is 14.0 Å². The zero-order valence-electron chi connectivity index (χ0n) is 16.6. The molecule has 0 radical (unpaired) electrons. The molecule has 0 unspecified atom stereocenters. The van der Waals surface area contributed by atoms with E-state index < -0.39 is 0 Å². The maximum Gasteiger partial charge on any atom is 0.272 e. The summed E-state index contributed by atoms with van der Waals surface area (Å²) in [6.07, 6.45) is 4.79. The quantitative estimate of drug-likeness (QED) is 0.640. The minimum Gasteiger partial charge on any atom is -0.352 e. The number of hydrogen-bond donors (Lipinski definition) is 2. The summed E-state index contributed by atoms with van der Waals surface area (Å²) in [6.45, 7) is 2.60. The average Bonchev–Trinajstić information content (AvgIpc) is 3.25. The van der Waals surface area contributed by atoms with Gasteiger partial charge < -0.3 is 15.2 Å². The van der Waals surface area contributed by atoms with Crippen LogP contribution in [0.4, 0.5) is 9.39 Å². The van der Waals surface area contributed by atoms with Crippen LogP contribution in [0.1, 0.15) is 57.5 Å². The molecule has 1 aromatic carbocycles. The number of hydrogen-bond acceptors (Lipinski definition) is 3. The van der Waals surface area contributed by atoms with Gasteiger partial charge in [0, 0.05) is 23.9 Å². The standard InChI is InChI=1S/C22H24FN3O2S/c1-3-11-24-21(28)19-13-7-4-5-10-18(13)29-22(19)25-20(27)17-12-14-15(23)8-6-9-16(14)26(17)2/h6,8-9,12H,3-5,7,10-11H2,1-2H3,(H,24,28)(H,25,27). The summed E-state index contributed by atoms with van der Waals surface area (Å²) in [5.74, 6) is -0.834. The van der Waals surface area contributed by atoms with Crippen LogP contribution in [0.5, 0.6) is 0 Å². The SMILES string of the molecule is CCCNC(=O)c1c(NC(=O)c2cc3c(F)cccc3n2C)sc2c1CCCC2. The number of nitrogens with one attached hydrogen (secondary N) is 2. The van der Waals surface area contributed by atoms with Crippen molar-refractivity contribution in [3.05, 3.63) is 51.8 Å². The second-order valence-corrected chi connectivity index (χ2v) is 8.49. The molecule has 2 amide bonds. The lowest BCUT2D eigenvalue weighted by Crippen LogP contribution is -2.26. The van der Waals surface area contributed by atoms with Crippen LogP contribution in [-0.4, -0.2) is 22.9 Å². The first-order valence-corrected chi connectivity index (χ1v) is 10.8. The number of aromatic nitrogens is 1. The van der Waals surface area contributed by atoms with Crippen LogP contribution in [0.3, 0.4) is 0 Å². The molecule has 0 saturated heterocycles. The fourth-order valence-electron chi connectivity index (χ4n) is 3.93. The van der Waals surface area contributed by atoms with E-state index >= 15 is 0 Å². The molecule has 3 aromatic rings. The van der Waals surface area contributed by atoms with E-state index in [-0.39, 0.29) is 17.6 Å². The van der Waals surface area contributed by atoms with Gasteiger partial charge in [-0.05, 0) is 55.9 Å². The number of thiophene rings is 1. The van der Waals surface area contributed by atoms with Gasteiger partial charge in [0.25, 0.3) is 11.8 Å². The molecular formula is C22H24FN3O2S. The molecule has 0 spiro atoms. The maximum absolute atomic E-state index is 14.1. The Morgan fingerprint density at radius 2 is 2.00 bits per heavy atom. The smallest absolute Gasteiger partial charge is 0.272 e. The third-order valence-corrected chi connectivity index (χ3v) is 6.63. The second-order valence-electron chi connectivity index (χ2n) is 7.39. The lowest BCUT2D eigenvalue weighted by Gasteiger charge is -2.13. The molecule has 1 aliphatic carbocycles. The van der Waals surface area contributed by atoms with Crippen molar-refractivity contribution >= 4 is 39.1 Å². The maximum atomic E-state index is 14.1. The van der Waals surface area contributed by atoms with Crippen molar-refractivity contribution < 1.29 is 14.0 Å². The zero-order valence-corrected chi connectivity index (χ0v) is 17.4. The molecule has 0 atom stereocenters. The summed E-state index contributed by atoms with van der Waals surface area (Å²) < 4.78 is 15.8. The third kappa shape index (κ3) is 3.55. The lowest BCUT2D eigenvalue weighted by atomic mass is 9.95. The van der Waals surface area contributed by atoms with Gasteiger partial charge in [-0.3, -0.25) is 9.59 Å². The van der Waals surface area contributed by atoms with E-state index in [4.69, 9.17) is 0 Å². The number of halogens is 1. The Kier molecular flexibility index (Phi) is 5.41. The molecule has 2 N–H and O–H groups in total. The fraction of sp³-hybridized carbons (Fsp3) is 0.364. The number of benzene rings is 1. The van der Waals surface area contributed by atoms with Gasteiger partial charge in [-0.15, -0.1) is 11.3 Å². The third-order valence-electron chi connectivity index (χ3n) is 5.43. The van der Waals surface area contributed by atoms with E-state index in [1.807, 2.05) is 6.92 Å². The monoisotopic (exact) mass is 413 g/mol. The minimum atomic E-state index is -0.358. The minimum absolute atomic E-state index is 0.135. The molecule has 5 nitrogen and oxygen atoms in total.